The highest BCUT2D eigenvalue weighted by Gasteiger charge is 2.27. The van der Waals surface area contributed by atoms with Gasteiger partial charge in [-0.25, -0.2) is 4.39 Å². The van der Waals surface area contributed by atoms with Crippen LogP contribution in [0, 0.1) is 11.7 Å². The van der Waals surface area contributed by atoms with Gasteiger partial charge >= 0.3 is 0 Å². The maximum absolute atomic E-state index is 13.8. The van der Waals surface area contributed by atoms with Crippen LogP contribution in [0.15, 0.2) is 22.7 Å². The number of hydrogen-bond acceptors (Lipinski definition) is 1. The Morgan fingerprint density at radius 1 is 1.41 bits per heavy atom. The Morgan fingerprint density at radius 2 is 2.24 bits per heavy atom. The van der Waals surface area contributed by atoms with Crippen molar-refractivity contribution >= 4 is 15.9 Å². The van der Waals surface area contributed by atoms with Crippen LogP contribution in [-0.4, -0.2) is 12.6 Å². The second kappa shape index (κ2) is 5.96. The van der Waals surface area contributed by atoms with E-state index in [0.717, 1.165) is 23.0 Å². The standard InChI is InChI=1S/C14H19BrFN/c1-2-17-14-5-3-4-11(14)8-10-6-7-12(15)9-13(10)16/h6-7,9,11,14,17H,2-5,8H2,1H3. The van der Waals surface area contributed by atoms with E-state index in [2.05, 4.69) is 28.2 Å². The van der Waals surface area contributed by atoms with Gasteiger partial charge in [-0.05, 0) is 49.4 Å². The van der Waals surface area contributed by atoms with Gasteiger partial charge in [0.1, 0.15) is 5.82 Å². The molecule has 94 valence electrons. The predicted molar refractivity (Wildman–Crippen MR) is 72.6 cm³/mol. The normalized spacial score (nSPS) is 24.2. The summed E-state index contributed by atoms with van der Waals surface area (Å²) in [6.45, 7) is 3.14. The average Bonchev–Trinajstić information content (AvgIpc) is 2.71. The third-order valence-electron chi connectivity index (χ3n) is 3.62. The lowest BCUT2D eigenvalue weighted by Gasteiger charge is -2.20. The van der Waals surface area contributed by atoms with Crippen molar-refractivity contribution in [2.45, 2.75) is 38.6 Å². The van der Waals surface area contributed by atoms with Gasteiger partial charge in [0.25, 0.3) is 0 Å². The molecule has 0 bridgehead atoms. The molecular weight excluding hydrogens is 281 g/mol. The topological polar surface area (TPSA) is 12.0 Å². The summed E-state index contributed by atoms with van der Waals surface area (Å²) in [7, 11) is 0. The van der Waals surface area contributed by atoms with Crippen molar-refractivity contribution < 1.29 is 4.39 Å². The Hall–Kier alpha value is -0.410. The van der Waals surface area contributed by atoms with E-state index in [9.17, 15) is 4.39 Å². The van der Waals surface area contributed by atoms with Crippen molar-refractivity contribution in [2.24, 2.45) is 5.92 Å². The number of rotatable bonds is 4. The average molecular weight is 300 g/mol. The van der Waals surface area contributed by atoms with E-state index in [4.69, 9.17) is 0 Å². The molecule has 1 N–H and O–H groups in total. The van der Waals surface area contributed by atoms with Crippen LogP contribution < -0.4 is 5.32 Å². The van der Waals surface area contributed by atoms with Gasteiger partial charge in [0, 0.05) is 10.5 Å². The Balaban J connectivity index is 2.04. The van der Waals surface area contributed by atoms with Gasteiger partial charge in [-0.1, -0.05) is 35.3 Å². The second-order valence-electron chi connectivity index (χ2n) is 4.80. The summed E-state index contributed by atoms with van der Waals surface area (Å²) in [5, 5.41) is 3.51. The fraction of sp³-hybridized carbons (Fsp3) is 0.571. The molecule has 1 nitrogen and oxygen atoms in total. The van der Waals surface area contributed by atoms with Crippen LogP contribution in [0.2, 0.25) is 0 Å². The van der Waals surface area contributed by atoms with Gasteiger partial charge in [-0.15, -0.1) is 0 Å². The number of halogens is 2. The van der Waals surface area contributed by atoms with E-state index in [1.807, 2.05) is 12.1 Å². The Bertz CT molecular complexity index is 380. The molecular formula is C14H19BrFN. The number of benzene rings is 1. The number of hydrogen-bond donors (Lipinski definition) is 1. The van der Waals surface area contributed by atoms with E-state index in [1.54, 1.807) is 6.07 Å². The summed E-state index contributed by atoms with van der Waals surface area (Å²) in [5.74, 6) is 0.507. The van der Waals surface area contributed by atoms with Crippen molar-refractivity contribution in [3.63, 3.8) is 0 Å². The van der Waals surface area contributed by atoms with E-state index in [-0.39, 0.29) is 5.82 Å². The van der Waals surface area contributed by atoms with Crippen LogP contribution in [0.1, 0.15) is 31.7 Å². The zero-order valence-corrected chi connectivity index (χ0v) is 11.8. The summed E-state index contributed by atoms with van der Waals surface area (Å²) in [5.41, 5.74) is 0.850. The van der Waals surface area contributed by atoms with Crippen LogP contribution >= 0.6 is 15.9 Å². The Morgan fingerprint density at radius 3 is 2.94 bits per heavy atom. The fourth-order valence-electron chi connectivity index (χ4n) is 2.78. The molecule has 0 spiro atoms. The molecule has 3 heteroatoms. The maximum Gasteiger partial charge on any atom is 0.127 e. The molecule has 2 atom stereocenters. The largest absolute Gasteiger partial charge is 0.314 e. The maximum atomic E-state index is 13.8. The summed E-state index contributed by atoms with van der Waals surface area (Å²) in [6, 6.07) is 5.96. The third-order valence-corrected chi connectivity index (χ3v) is 4.12. The molecule has 2 rings (SSSR count). The second-order valence-corrected chi connectivity index (χ2v) is 5.71. The van der Waals surface area contributed by atoms with Crippen molar-refractivity contribution in [3.05, 3.63) is 34.1 Å². The van der Waals surface area contributed by atoms with Crippen LogP contribution in [0.25, 0.3) is 0 Å². The summed E-state index contributed by atoms with van der Waals surface area (Å²) in [4.78, 5) is 0. The number of nitrogens with one attached hydrogen (secondary N) is 1. The molecule has 1 aliphatic carbocycles. The smallest absolute Gasteiger partial charge is 0.127 e. The van der Waals surface area contributed by atoms with Gasteiger partial charge in [-0.3, -0.25) is 0 Å². The summed E-state index contributed by atoms with van der Waals surface area (Å²) < 4.78 is 14.6. The first kappa shape index (κ1) is 13.0. The highest BCUT2D eigenvalue weighted by atomic mass is 79.9. The highest BCUT2D eigenvalue weighted by molar-refractivity contribution is 9.10. The van der Waals surface area contributed by atoms with Crippen LogP contribution in [0.5, 0.6) is 0 Å². The molecule has 1 aromatic rings. The summed E-state index contributed by atoms with van der Waals surface area (Å²) in [6.07, 6.45) is 4.57. The molecule has 1 fully saturated rings. The van der Waals surface area contributed by atoms with Gasteiger partial charge in [0.2, 0.25) is 0 Å². The van der Waals surface area contributed by atoms with Crippen molar-refractivity contribution in [2.75, 3.05) is 6.54 Å². The zero-order valence-electron chi connectivity index (χ0n) is 10.2. The zero-order chi connectivity index (χ0) is 12.3. The van der Waals surface area contributed by atoms with E-state index in [1.165, 1.54) is 19.3 Å². The highest BCUT2D eigenvalue weighted by Crippen LogP contribution is 2.30. The first-order valence-electron chi connectivity index (χ1n) is 6.38. The van der Waals surface area contributed by atoms with Gasteiger partial charge < -0.3 is 5.32 Å². The first-order valence-corrected chi connectivity index (χ1v) is 7.17. The molecule has 0 aliphatic heterocycles. The quantitative estimate of drug-likeness (QED) is 0.889. The van der Waals surface area contributed by atoms with Gasteiger partial charge in [0.05, 0.1) is 0 Å². The molecule has 0 amide bonds. The molecule has 17 heavy (non-hydrogen) atoms. The third kappa shape index (κ3) is 3.29. The van der Waals surface area contributed by atoms with Gasteiger partial charge in [-0.2, -0.15) is 0 Å². The van der Waals surface area contributed by atoms with Crippen molar-refractivity contribution in [1.29, 1.82) is 0 Å². The predicted octanol–water partition coefficient (Wildman–Crippen LogP) is 3.91. The molecule has 0 saturated heterocycles. The molecule has 0 aromatic heterocycles. The van der Waals surface area contributed by atoms with Crippen molar-refractivity contribution in [3.8, 4) is 0 Å². The lowest BCUT2D eigenvalue weighted by atomic mass is 9.94. The Kier molecular flexibility index (Phi) is 4.57. The van der Waals surface area contributed by atoms with E-state index in [0.29, 0.717) is 12.0 Å². The monoisotopic (exact) mass is 299 g/mol. The molecule has 0 radical (unpaired) electrons. The van der Waals surface area contributed by atoms with Crippen LogP contribution in [0.4, 0.5) is 4.39 Å². The van der Waals surface area contributed by atoms with Crippen LogP contribution in [0.3, 0.4) is 0 Å². The molecule has 1 saturated carbocycles. The molecule has 2 unspecified atom stereocenters. The SMILES string of the molecule is CCNC1CCCC1Cc1ccc(Br)cc1F. The molecule has 0 heterocycles. The minimum atomic E-state index is -0.0819. The van der Waals surface area contributed by atoms with Crippen LogP contribution in [-0.2, 0) is 6.42 Å². The summed E-state index contributed by atoms with van der Waals surface area (Å²) >= 11 is 3.29. The van der Waals surface area contributed by atoms with E-state index < -0.39 is 0 Å². The Labute approximate surface area is 111 Å². The lowest BCUT2D eigenvalue weighted by molar-refractivity contribution is 0.401. The fourth-order valence-corrected chi connectivity index (χ4v) is 3.11. The molecule has 1 aromatic carbocycles. The minimum absolute atomic E-state index is 0.0819. The van der Waals surface area contributed by atoms with Crippen molar-refractivity contribution in [1.82, 2.24) is 5.32 Å². The first-order chi connectivity index (χ1) is 8.20. The van der Waals surface area contributed by atoms with E-state index >= 15 is 0 Å². The minimum Gasteiger partial charge on any atom is -0.314 e. The molecule has 1 aliphatic rings. The van der Waals surface area contributed by atoms with Gasteiger partial charge in [0.15, 0.2) is 0 Å². The lowest BCUT2D eigenvalue weighted by Crippen LogP contribution is -2.33.